The molecule has 112 valence electrons. The minimum Gasteiger partial charge on any atom is -0.383 e. The molecule has 0 bridgehead atoms. The lowest BCUT2D eigenvalue weighted by Gasteiger charge is -2.24. The Kier molecular flexibility index (Phi) is 2.85. The third-order valence-electron chi connectivity index (χ3n) is 4.15. The molecule has 0 radical (unpaired) electrons. The van der Waals surface area contributed by atoms with E-state index in [0.717, 1.165) is 11.2 Å². The summed E-state index contributed by atoms with van der Waals surface area (Å²) in [5.41, 5.74) is 8.18. The summed E-state index contributed by atoms with van der Waals surface area (Å²) in [6.45, 7) is 0. The Morgan fingerprint density at radius 2 is 2.27 bits per heavy atom. The molecule has 22 heavy (non-hydrogen) atoms. The van der Waals surface area contributed by atoms with E-state index in [1.54, 1.807) is 28.9 Å². The predicted molar refractivity (Wildman–Crippen MR) is 84.3 cm³/mol. The molecule has 4 N–H and O–H groups in total. The smallest absolute Gasteiger partial charge is 0.271 e. The predicted octanol–water partition coefficient (Wildman–Crippen LogP) is 2.01. The Balaban J connectivity index is 1.78. The van der Waals surface area contributed by atoms with Gasteiger partial charge in [0, 0.05) is 17.8 Å². The molecular formula is C15H16N6O. The molecule has 7 heteroatoms. The number of nitrogen functional groups attached to an aromatic ring is 1. The van der Waals surface area contributed by atoms with Crippen LogP contribution in [0, 0.1) is 0 Å². The van der Waals surface area contributed by atoms with Gasteiger partial charge in [0.1, 0.15) is 17.3 Å². The second-order valence-corrected chi connectivity index (χ2v) is 5.57. The van der Waals surface area contributed by atoms with Crippen molar-refractivity contribution < 1.29 is 0 Å². The molecular weight excluding hydrogens is 280 g/mol. The molecule has 3 heterocycles. The average molecular weight is 296 g/mol. The number of hydrogen-bond acceptors (Lipinski definition) is 5. The minimum absolute atomic E-state index is 0.199. The molecule has 0 amide bonds. The fourth-order valence-electron chi connectivity index (χ4n) is 2.73. The van der Waals surface area contributed by atoms with Gasteiger partial charge >= 0.3 is 0 Å². The largest absolute Gasteiger partial charge is 0.383 e. The van der Waals surface area contributed by atoms with Crippen molar-refractivity contribution in [2.45, 2.75) is 25.2 Å². The molecule has 0 aromatic carbocycles. The van der Waals surface area contributed by atoms with Crippen LogP contribution in [0.2, 0.25) is 0 Å². The van der Waals surface area contributed by atoms with E-state index >= 15 is 0 Å². The topological polar surface area (TPSA) is 101 Å². The number of H-pyrrole nitrogens is 1. The van der Waals surface area contributed by atoms with Crippen molar-refractivity contribution in [2.75, 3.05) is 11.1 Å². The lowest BCUT2D eigenvalue weighted by atomic mass is 9.81. The normalized spacial score (nSPS) is 14.9. The number of rotatable bonds is 3. The van der Waals surface area contributed by atoms with E-state index < -0.39 is 0 Å². The van der Waals surface area contributed by atoms with E-state index in [4.69, 9.17) is 5.73 Å². The Morgan fingerprint density at radius 1 is 1.41 bits per heavy atom. The van der Waals surface area contributed by atoms with Crippen LogP contribution in [0.5, 0.6) is 0 Å². The van der Waals surface area contributed by atoms with Crippen LogP contribution in [-0.2, 0) is 0 Å². The number of aromatic amines is 1. The van der Waals surface area contributed by atoms with Crippen LogP contribution < -0.4 is 16.6 Å². The Hall–Kier alpha value is -2.83. The summed E-state index contributed by atoms with van der Waals surface area (Å²) in [6, 6.07) is 5.13. The first-order valence-corrected chi connectivity index (χ1v) is 7.31. The highest BCUT2D eigenvalue weighted by atomic mass is 16.1. The molecule has 1 aliphatic carbocycles. The monoisotopic (exact) mass is 296 g/mol. The number of pyridine rings is 1. The van der Waals surface area contributed by atoms with E-state index in [-0.39, 0.29) is 5.56 Å². The quantitative estimate of drug-likeness (QED) is 0.686. The number of nitrogens with zero attached hydrogens (tertiary/aromatic N) is 3. The average Bonchev–Trinajstić information content (AvgIpc) is 2.84. The first-order chi connectivity index (χ1) is 10.7. The van der Waals surface area contributed by atoms with Crippen LogP contribution in [0.4, 0.5) is 17.3 Å². The second-order valence-electron chi connectivity index (χ2n) is 5.57. The summed E-state index contributed by atoms with van der Waals surface area (Å²) in [4.78, 5) is 19.0. The number of hydrogen-bond donors (Lipinski definition) is 3. The van der Waals surface area contributed by atoms with E-state index in [1.165, 1.54) is 19.3 Å². The Labute approximate surface area is 126 Å². The van der Waals surface area contributed by atoms with Crippen molar-refractivity contribution in [2.24, 2.45) is 0 Å². The van der Waals surface area contributed by atoms with Gasteiger partial charge in [-0.2, -0.15) is 9.61 Å². The van der Waals surface area contributed by atoms with Gasteiger partial charge in [-0.1, -0.05) is 6.42 Å². The summed E-state index contributed by atoms with van der Waals surface area (Å²) in [6.07, 6.45) is 7.01. The van der Waals surface area contributed by atoms with E-state index in [9.17, 15) is 4.79 Å². The number of nitrogens with two attached hydrogens (primary N) is 1. The summed E-state index contributed by atoms with van der Waals surface area (Å²) < 4.78 is 1.65. The summed E-state index contributed by atoms with van der Waals surface area (Å²) in [5, 5.41) is 7.34. The molecule has 7 nitrogen and oxygen atoms in total. The SMILES string of the molecule is Nc1cc(Nc2ccc[nH]c2=O)nc2c(C3CCC3)cnn12. The van der Waals surface area contributed by atoms with Crippen molar-refractivity contribution in [3.8, 4) is 0 Å². The van der Waals surface area contributed by atoms with Crippen molar-refractivity contribution in [3.05, 3.63) is 46.5 Å². The van der Waals surface area contributed by atoms with Crippen LogP contribution in [0.1, 0.15) is 30.7 Å². The van der Waals surface area contributed by atoms with Gasteiger partial charge in [0.2, 0.25) is 0 Å². The van der Waals surface area contributed by atoms with E-state index in [2.05, 4.69) is 20.4 Å². The molecule has 3 aromatic rings. The molecule has 0 atom stereocenters. The molecule has 1 fully saturated rings. The van der Waals surface area contributed by atoms with Crippen molar-refractivity contribution >= 4 is 23.0 Å². The molecule has 0 spiro atoms. The molecule has 0 unspecified atom stereocenters. The molecule has 4 rings (SSSR count). The maximum atomic E-state index is 11.8. The highest BCUT2D eigenvalue weighted by molar-refractivity contribution is 5.64. The molecule has 0 saturated heterocycles. The van der Waals surface area contributed by atoms with Gasteiger partial charge in [0.15, 0.2) is 5.65 Å². The maximum Gasteiger partial charge on any atom is 0.271 e. The zero-order chi connectivity index (χ0) is 15.1. The van der Waals surface area contributed by atoms with Crippen LogP contribution in [0.15, 0.2) is 35.4 Å². The Bertz CT molecular complexity index is 892. The summed E-state index contributed by atoms with van der Waals surface area (Å²) in [7, 11) is 0. The van der Waals surface area contributed by atoms with Crippen LogP contribution in [0.3, 0.4) is 0 Å². The fourth-order valence-corrected chi connectivity index (χ4v) is 2.73. The van der Waals surface area contributed by atoms with Gasteiger partial charge in [0.25, 0.3) is 5.56 Å². The maximum absolute atomic E-state index is 11.8. The first kappa shape index (κ1) is 12.9. The highest BCUT2D eigenvalue weighted by Crippen LogP contribution is 2.38. The van der Waals surface area contributed by atoms with E-state index in [1.807, 2.05) is 6.20 Å². The third-order valence-corrected chi connectivity index (χ3v) is 4.15. The van der Waals surface area contributed by atoms with Gasteiger partial charge in [-0.3, -0.25) is 4.79 Å². The highest BCUT2D eigenvalue weighted by Gasteiger charge is 2.24. The van der Waals surface area contributed by atoms with Gasteiger partial charge in [-0.15, -0.1) is 0 Å². The molecule has 3 aromatic heterocycles. The first-order valence-electron chi connectivity index (χ1n) is 7.31. The standard InChI is InChI=1S/C15H16N6O/c16-12-7-13(19-11-5-2-6-17-15(11)22)20-14-10(8-18-21(12)14)9-3-1-4-9/h2,5-9H,1,3-4,16H2,(H,17,22)(H,19,20). The number of nitrogens with one attached hydrogen (secondary N) is 2. The van der Waals surface area contributed by atoms with Crippen molar-refractivity contribution in [1.82, 2.24) is 19.6 Å². The zero-order valence-electron chi connectivity index (χ0n) is 11.9. The van der Waals surface area contributed by atoms with Gasteiger partial charge < -0.3 is 16.0 Å². The molecule has 1 saturated carbocycles. The van der Waals surface area contributed by atoms with Crippen molar-refractivity contribution in [3.63, 3.8) is 0 Å². The Morgan fingerprint density at radius 3 is 3.00 bits per heavy atom. The lowest BCUT2D eigenvalue weighted by Crippen LogP contribution is -2.12. The van der Waals surface area contributed by atoms with Gasteiger partial charge in [-0.05, 0) is 30.9 Å². The van der Waals surface area contributed by atoms with Crippen molar-refractivity contribution in [1.29, 1.82) is 0 Å². The number of anilines is 3. The van der Waals surface area contributed by atoms with Gasteiger partial charge in [0.05, 0.1) is 6.20 Å². The van der Waals surface area contributed by atoms with E-state index in [0.29, 0.717) is 23.2 Å². The lowest BCUT2D eigenvalue weighted by molar-refractivity contribution is 0.421. The van der Waals surface area contributed by atoms with Crippen LogP contribution >= 0.6 is 0 Å². The molecule has 0 aliphatic heterocycles. The van der Waals surface area contributed by atoms with Crippen LogP contribution in [-0.4, -0.2) is 19.6 Å². The molecule has 1 aliphatic rings. The third kappa shape index (κ3) is 2.02. The fraction of sp³-hybridized carbons (Fsp3) is 0.267. The zero-order valence-corrected chi connectivity index (χ0v) is 11.9. The summed E-state index contributed by atoms with van der Waals surface area (Å²) >= 11 is 0. The van der Waals surface area contributed by atoms with Crippen LogP contribution in [0.25, 0.3) is 5.65 Å². The summed E-state index contributed by atoms with van der Waals surface area (Å²) in [5.74, 6) is 1.55. The number of fused-ring (bicyclic) bond motifs is 1. The van der Waals surface area contributed by atoms with Gasteiger partial charge in [-0.25, -0.2) is 4.98 Å². The number of aromatic nitrogens is 4. The second kappa shape index (κ2) is 4.87. The minimum atomic E-state index is -0.199.